The quantitative estimate of drug-likeness (QED) is 0.106. The summed E-state index contributed by atoms with van der Waals surface area (Å²) in [6.07, 6.45) is -2.14. The topological polar surface area (TPSA) is 63.0 Å². The van der Waals surface area contributed by atoms with Crippen molar-refractivity contribution in [3.05, 3.63) is 36.4 Å². The fourth-order valence-corrected chi connectivity index (χ4v) is 12.1. The molecule has 0 amide bonds. The molecule has 7 nitrogen and oxygen atoms in total. The molecule has 1 atom stereocenters. The molecule has 6 heterocycles. The summed E-state index contributed by atoms with van der Waals surface area (Å²) < 4.78 is 71.8. The zero-order valence-corrected chi connectivity index (χ0v) is 22.1. The van der Waals surface area contributed by atoms with Gasteiger partial charge in [-0.15, -0.1) is 0 Å². The second-order valence-corrected chi connectivity index (χ2v) is 15.5. The molecule has 0 N–H and O–H groups in total. The van der Waals surface area contributed by atoms with Gasteiger partial charge < -0.3 is 0 Å². The fourth-order valence-electron chi connectivity index (χ4n) is 4.41. The Kier molecular flexibility index (Phi) is 7.16. The molecule has 3 aliphatic rings. The van der Waals surface area contributed by atoms with Gasteiger partial charge in [0.1, 0.15) is 0 Å². The molecule has 3 aliphatic heterocycles. The fraction of sp³-hybridized carbons (Fsp3) is 0.455. The number of fused-ring (bicyclic) bond motifs is 6. The van der Waals surface area contributed by atoms with E-state index in [0.29, 0.717) is 39.2 Å². The molecule has 0 saturated carbocycles. The van der Waals surface area contributed by atoms with Crippen LogP contribution < -0.4 is 29.6 Å². The number of halogens is 6. The molecular weight excluding hydrogens is 616 g/mol. The molecule has 3 aromatic rings. The molecule has 6 rings (SSSR count). The average Bonchev–Trinajstić information content (AvgIpc) is 3.25. The van der Waals surface area contributed by atoms with E-state index in [9.17, 15) is 22.0 Å². The Bertz CT molecular complexity index is 1320. The molecule has 0 unspecified atom stereocenters. The van der Waals surface area contributed by atoms with Gasteiger partial charge in [0, 0.05) is 0 Å². The molecule has 1 radical (unpaired) electrons. The Balaban J connectivity index is 1.48. The van der Waals surface area contributed by atoms with Gasteiger partial charge in [-0.25, -0.2) is 0 Å². The van der Waals surface area contributed by atoms with Crippen LogP contribution in [0.1, 0.15) is 19.0 Å². The standard InChI is InChI=1S/C22H23F5IN7S/c1-14-5-15-8-33(17-3-2-4-29-20(17)22(25,26)27)11-28(13-36-14)12-34(9-15)19-7-30-16-6-31-35(10-18(23)24)21(16)32-19/h2-4,6-7,13,15,18H,5,8-12H2,1H3/q-1/t15-/m0/s1. The molecule has 0 aromatic carbocycles. The van der Waals surface area contributed by atoms with E-state index < -0.39 is 44.7 Å². The van der Waals surface area contributed by atoms with Gasteiger partial charge in [-0.2, -0.15) is 0 Å². The van der Waals surface area contributed by atoms with Crippen LogP contribution >= 0.6 is 10.9 Å². The van der Waals surface area contributed by atoms with Crippen LogP contribution in [0, 0.1) is 5.92 Å². The van der Waals surface area contributed by atoms with Gasteiger partial charge in [0.15, 0.2) is 0 Å². The summed E-state index contributed by atoms with van der Waals surface area (Å²) in [5.74, 6) is 0.598. The third kappa shape index (κ3) is 5.48. The molecule has 0 spiro atoms. The van der Waals surface area contributed by atoms with E-state index in [-0.39, 0.29) is 11.6 Å². The SMILES string of the molecule is CC1=S=C[I-]2CN(c3cnc4cnn(CC(F)F)c4n3)C[C@@H](C1)CN(c1cccnc1C(F)(F)F)C2. The summed E-state index contributed by atoms with van der Waals surface area (Å²) in [5, 5.41) is 3.99. The number of hydrogen-bond acceptors (Lipinski definition) is 6. The van der Waals surface area contributed by atoms with Crippen molar-refractivity contribution in [1.82, 2.24) is 24.7 Å². The van der Waals surface area contributed by atoms with Crippen LogP contribution in [0.2, 0.25) is 0 Å². The van der Waals surface area contributed by atoms with Crippen LogP contribution in [0.4, 0.5) is 33.5 Å². The predicted molar refractivity (Wildman–Crippen MR) is 127 cm³/mol. The third-order valence-corrected chi connectivity index (χ3v) is 13.1. The number of nitrogens with zero attached hydrogens (tertiary/aromatic N) is 7. The van der Waals surface area contributed by atoms with Crippen molar-refractivity contribution in [2.24, 2.45) is 5.92 Å². The molecule has 14 heteroatoms. The van der Waals surface area contributed by atoms with Crippen LogP contribution in [-0.4, -0.2) is 61.6 Å². The summed E-state index contributed by atoms with van der Waals surface area (Å²) in [4.78, 5) is 17.9. The monoisotopic (exact) mass is 639 g/mol. The zero-order valence-electron chi connectivity index (χ0n) is 19.2. The van der Waals surface area contributed by atoms with Gasteiger partial charge >= 0.3 is 215 Å². The number of hydrogen-bond donors (Lipinski definition) is 0. The number of alkyl halides is 7. The molecule has 36 heavy (non-hydrogen) atoms. The summed E-state index contributed by atoms with van der Waals surface area (Å²) in [6.45, 7) is 2.52. The van der Waals surface area contributed by atoms with E-state index in [1.807, 2.05) is 4.90 Å². The molecule has 2 bridgehead atoms. The summed E-state index contributed by atoms with van der Waals surface area (Å²) in [5.41, 5.74) is 0.0139. The maximum absolute atomic E-state index is 13.7. The van der Waals surface area contributed by atoms with E-state index in [1.54, 1.807) is 23.2 Å². The first-order valence-electron chi connectivity index (χ1n) is 11.1. The number of pyridine rings is 1. The van der Waals surface area contributed by atoms with Crippen molar-refractivity contribution in [3.8, 4) is 0 Å². The second-order valence-electron chi connectivity index (χ2n) is 8.68. The normalized spacial score (nSPS) is 20.1. The Morgan fingerprint density at radius 3 is 2.69 bits per heavy atom. The van der Waals surface area contributed by atoms with E-state index in [2.05, 4.69) is 35.2 Å². The molecule has 195 valence electrons. The average molecular weight is 639 g/mol. The van der Waals surface area contributed by atoms with Crippen molar-refractivity contribution >= 4 is 41.8 Å². The molecular formula is C22H23F5IN7S-. The van der Waals surface area contributed by atoms with E-state index in [1.165, 1.54) is 23.3 Å². The minimum atomic E-state index is -4.54. The summed E-state index contributed by atoms with van der Waals surface area (Å²) in [6, 6.07) is 3.05. The van der Waals surface area contributed by atoms with Gasteiger partial charge in [0.2, 0.25) is 0 Å². The van der Waals surface area contributed by atoms with Crippen LogP contribution in [0.15, 0.2) is 30.7 Å². The summed E-state index contributed by atoms with van der Waals surface area (Å²) in [7, 11) is 1.70. The van der Waals surface area contributed by atoms with Gasteiger partial charge in [-0.1, -0.05) is 0 Å². The second kappa shape index (κ2) is 10.2. The number of aromatic nitrogens is 5. The Morgan fingerprint density at radius 1 is 1.14 bits per heavy atom. The van der Waals surface area contributed by atoms with Gasteiger partial charge in [-0.3, -0.25) is 0 Å². The Labute approximate surface area is 214 Å². The van der Waals surface area contributed by atoms with Crippen LogP contribution in [0.25, 0.3) is 11.2 Å². The zero-order chi connectivity index (χ0) is 25.4. The van der Waals surface area contributed by atoms with Crippen molar-refractivity contribution in [3.63, 3.8) is 0 Å². The van der Waals surface area contributed by atoms with Crippen molar-refractivity contribution in [2.75, 3.05) is 32.0 Å². The van der Waals surface area contributed by atoms with E-state index >= 15 is 0 Å². The van der Waals surface area contributed by atoms with Gasteiger partial charge in [0.05, 0.1) is 0 Å². The van der Waals surface area contributed by atoms with Gasteiger partial charge in [0.25, 0.3) is 0 Å². The minimum absolute atomic E-state index is 0.0202. The summed E-state index contributed by atoms with van der Waals surface area (Å²) >= 11 is -1.99. The first kappa shape index (κ1) is 25.3. The Morgan fingerprint density at radius 2 is 1.92 bits per heavy atom. The first-order valence-corrected chi connectivity index (χ1v) is 16.3. The van der Waals surface area contributed by atoms with Crippen molar-refractivity contribution in [1.29, 1.82) is 0 Å². The van der Waals surface area contributed by atoms with E-state index in [4.69, 9.17) is 0 Å². The van der Waals surface area contributed by atoms with Crippen molar-refractivity contribution < 1.29 is 41.8 Å². The molecule has 3 aromatic heterocycles. The van der Waals surface area contributed by atoms with Gasteiger partial charge in [-0.05, 0) is 0 Å². The molecule has 1 saturated heterocycles. The predicted octanol–water partition coefficient (Wildman–Crippen LogP) is 1.08. The van der Waals surface area contributed by atoms with E-state index in [0.717, 1.165) is 11.1 Å². The van der Waals surface area contributed by atoms with Crippen LogP contribution in [0.3, 0.4) is 0 Å². The van der Waals surface area contributed by atoms with Crippen LogP contribution in [-0.2, 0) is 12.7 Å². The van der Waals surface area contributed by atoms with Crippen molar-refractivity contribution in [2.45, 2.75) is 32.5 Å². The van der Waals surface area contributed by atoms with Crippen LogP contribution in [0.5, 0.6) is 0 Å². The first-order chi connectivity index (χ1) is 17.2. The number of rotatable bonds is 4. The maximum atomic E-state index is 13.7. The Hall–Kier alpha value is -2.36. The third-order valence-electron chi connectivity index (χ3n) is 5.86. The number of anilines is 2. The molecule has 0 aliphatic carbocycles. The molecule has 1 fully saturated rings.